The molecule has 8 aliphatic rings. The van der Waals surface area contributed by atoms with Crippen molar-refractivity contribution in [2.24, 2.45) is 34.5 Å². The summed E-state index contributed by atoms with van der Waals surface area (Å²) in [5.74, 6) is -0.339. The predicted molar refractivity (Wildman–Crippen MR) is 202 cm³/mol. The van der Waals surface area contributed by atoms with Crippen molar-refractivity contribution in [3.05, 3.63) is 11.6 Å². The molecule has 12 unspecified atom stereocenters. The fraction of sp³-hybridized carbons (Fsp3) is 0.907. The van der Waals surface area contributed by atoms with E-state index in [1.54, 1.807) is 19.9 Å². The molecule has 0 spiro atoms. The summed E-state index contributed by atoms with van der Waals surface area (Å²) in [5.41, 5.74) is -0.916. The van der Waals surface area contributed by atoms with Crippen molar-refractivity contribution in [1.29, 1.82) is 0 Å². The second-order valence-corrected chi connectivity index (χ2v) is 19.4. The first kappa shape index (κ1) is 42.9. The van der Waals surface area contributed by atoms with Crippen LogP contribution in [-0.4, -0.2) is 136 Å². The molecule has 5 N–H and O–H groups in total. The van der Waals surface area contributed by atoms with Gasteiger partial charge in [0.05, 0.1) is 54.4 Å². The zero-order valence-corrected chi connectivity index (χ0v) is 34.8. The number of rotatable bonds is 8. The van der Waals surface area contributed by atoms with Crippen LogP contribution in [0.3, 0.4) is 0 Å². The molecule has 0 amide bonds. The topological polar surface area (TPSA) is 209 Å². The molecule has 15 nitrogen and oxygen atoms in total. The standard InChI is InChI=1S/C43H66O15/c1-20-38(55-23(4)44)30(45)17-36(53-20)57-40-22(3)54-37(18-32(40)47)58-39-21(2)52-35(16-31(39)46)56-26-9-11-41(5)25(14-26)7-8-28-29(41)15-33(48)42(6)27(10-12-43(28,42)50)24-13-34(49)51-19-24/h13,20-22,25-33,35-40,45-48,50H,7-12,14-19H2,1-6H3/t20?,21?,22?,25-,26+,27-,28-,29+,30?,31?,32?,33-,35?,36?,37?,38?,39?,40?,41+,42+,43-/m1/s1. The number of fused-ring (bicyclic) bond motifs is 5. The van der Waals surface area contributed by atoms with Crippen molar-refractivity contribution in [3.63, 3.8) is 0 Å². The smallest absolute Gasteiger partial charge is 0.331 e. The molecule has 15 heteroatoms. The van der Waals surface area contributed by atoms with Gasteiger partial charge in [-0.2, -0.15) is 0 Å². The Morgan fingerprint density at radius 3 is 1.83 bits per heavy atom. The number of ether oxygens (including phenoxy) is 8. The Bertz CT molecular complexity index is 1520. The third-order valence-electron chi connectivity index (χ3n) is 16.2. The van der Waals surface area contributed by atoms with Gasteiger partial charge in [-0.3, -0.25) is 4.79 Å². The van der Waals surface area contributed by atoms with E-state index in [1.165, 1.54) is 6.92 Å². The van der Waals surface area contributed by atoms with Gasteiger partial charge in [-0.1, -0.05) is 13.8 Å². The van der Waals surface area contributed by atoms with E-state index >= 15 is 0 Å². The van der Waals surface area contributed by atoms with Gasteiger partial charge in [0.2, 0.25) is 0 Å². The number of esters is 2. The van der Waals surface area contributed by atoms with E-state index in [9.17, 15) is 35.1 Å². The molecule has 4 saturated carbocycles. The summed E-state index contributed by atoms with van der Waals surface area (Å²) >= 11 is 0. The van der Waals surface area contributed by atoms with Crippen molar-refractivity contribution in [3.8, 4) is 0 Å². The van der Waals surface area contributed by atoms with Gasteiger partial charge < -0.3 is 63.4 Å². The van der Waals surface area contributed by atoms with Crippen LogP contribution in [0.1, 0.15) is 112 Å². The van der Waals surface area contributed by atoms with Crippen LogP contribution in [0.25, 0.3) is 0 Å². The Kier molecular flexibility index (Phi) is 12.0. The van der Waals surface area contributed by atoms with Crippen LogP contribution in [0.4, 0.5) is 0 Å². The molecule has 0 aromatic rings. The second kappa shape index (κ2) is 16.2. The van der Waals surface area contributed by atoms with Gasteiger partial charge in [0.25, 0.3) is 0 Å². The third-order valence-corrected chi connectivity index (χ3v) is 16.2. The average Bonchev–Trinajstić information content (AvgIpc) is 3.70. The first-order valence-electron chi connectivity index (χ1n) is 21.8. The van der Waals surface area contributed by atoms with Crippen molar-refractivity contribution in [1.82, 2.24) is 0 Å². The molecular weight excluding hydrogens is 756 g/mol. The largest absolute Gasteiger partial charge is 0.458 e. The zero-order chi connectivity index (χ0) is 41.5. The van der Waals surface area contributed by atoms with E-state index in [0.717, 1.165) is 44.1 Å². The molecule has 0 aromatic carbocycles. The Labute approximate surface area is 341 Å². The van der Waals surface area contributed by atoms with Gasteiger partial charge in [0.15, 0.2) is 25.0 Å². The van der Waals surface area contributed by atoms with E-state index < -0.39 is 96.9 Å². The number of cyclic esters (lactones) is 1. The molecule has 21 atom stereocenters. The lowest BCUT2D eigenvalue weighted by Gasteiger charge is -2.65. The molecular formula is C43H66O15. The summed E-state index contributed by atoms with van der Waals surface area (Å²) in [6.45, 7) is 11.2. The highest BCUT2D eigenvalue weighted by atomic mass is 16.7. The van der Waals surface area contributed by atoms with Crippen LogP contribution < -0.4 is 0 Å². The Balaban J connectivity index is 0.823. The van der Waals surface area contributed by atoms with Crippen LogP contribution in [0, 0.1) is 34.5 Å². The number of hydrogen-bond acceptors (Lipinski definition) is 15. The molecule has 4 heterocycles. The molecule has 0 bridgehead atoms. The lowest BCUT2D eigenvalue weighted by Crippen LogP contribution is -2.67. The number of hydrogen-bond donors (Lipinski definition) is 5. The van der Waals surface area contributed by atoms with E-state index in [4.69, 9.17) is 37.9 Å². The molecule has 58 heavy (non-hydrogen) atoms. The highest BCUT2D eigenvalue weighted by molar-refractivity contribution is 5.85. The van der Waals surface area contributed by atoms with Crippen LogP contribution in [0.5, 0.6) is 0 Å². The molecule has 4 aliphatic heterocycles. The summed E-state index contributed by atoms with van der Waals surface area (Å²) < 4.78 is 47.6. The minimum atomic E-state index is -1.02. The monoisotopic (exact) mass is 822 g/mol. The first-order valence-corrected chi connectivity index (χ1v) is 21.8. The number of aliphatic hydroxyl groups is 5. The number of carbonyl (C=O) groups excluding carboxylic acids is 2. The minimum Gasteiger partial charge on any atom is -0.458 e. The summed E-state index contributed by atoms with van der Waals surface area (Å²) in [4.78, 5) is 23.4. The molecule has 8 rings (SSSR count). The maximum absolute atomic E-state index is 12.6. The Hall–Kier alpha value is -1.76. The summed E-state index contributed by atoms with van der Waals surface area (Å²) in [5, 5.41) is 57.5. The summed E-state index contributed by atoms with van der Waals surface area (Å²) in [6.07, 6.45) is -1.64. The number of carbonyl (C=O) groups is 2. The SMILES string of the molecule is CC(=O)OC1C(O)CC(OC2C(O)CC(OC3C(O)CC(O[C@H]4CC[C@@]5(C)[C@H](CC[C@@H]6[C@@H]5C[C@@H](O)[C@]5(C)[C@@H](C7=CC(=O)OC7)CC[C@@]65O)C4)OC3C)OC2C)OC1C. The van der Waals surface area contributed by atoms with E-state index in [2.05, 4.69) is 6.92 Å². The molecule has 0 aromatic heterocycles. The zero-order valence-electron chi connectivity index (χ0n) is 34.8. The van der Waals surface area contributed by atoms with Crippen molar-refractivity contribution in [2.75, 3.05) is 6.61 Å². The molecule has 3 saturated heterocycles. The van der Waals surface area contributed by atoms with Crippen LogP contribution >= 0.6 is 0 Å². The maximum Gasteiger partial charge on any atom is 0.331 e. The van der Waals surface area contributed by atoms with E-state index in [0.29, 0.717) is 18.8 Å². The van der Waals surface area contributed by atoms with Gasteiger partial charge in [-0.15, -0.1) is 0 Å². The lowest BCUT2D eigenvalue weighted by atomic mass is 9.42. The van der Waals surface area contributed by atoms with Gasteiger partial charge in [-0.25, -0.2) is 4.79 Å². The van der Waals surface area contributed by atoms with Gasteiger partial charge >= 0.3 is 11.9 Å². The highest BCUT2D eigenvalue weighted by Gasteiger charge is 2.71. The van der Waals surface area contributed by atoms with E-state index in [1.807, 2.05) is 13.8 Å². The van der Waals surface area contributed by atoms with E-state index in [-0.39, 0.29) is 61.1 Å². The van der Waals surface area contributed by atoms with Crippen molar-refractivity contribution >= 4 is 11.9 Å². The normalized spacial score (nSPS) is 53.2. The quantitative estimate of drug-likeness (QED) is 0.176. The Morgan fingerprint density at radius 2 is 1.29 bits per heavy atom. The van der Waals surface area contributed by atoms with Gasteiger partial charge in [-0.05, 0) is 107 Å². The maximum atomic E-state index is 12.6. The molecule has 328 valence electrons. The van der Waals surface area contributed by atoms with Gasteiger partial charge in [0, 0.05) is 37.7 Å². The highest BCUT2D eigenvalue weighted by Crippen LogP contribution is 2.70. The van der Waals surface area contributed by atoms with Crippen LogP contribution in [0.2, 0.25) is 0 Å². The minimum absolute atomic E-state index is 0.0551. The van der Waals surface area contributed by atoms with Crippen LogP contribution in [0.15, 0.2) is 11.6 Å². The predicted octanol–water partition coefficient (Wildman–Crippen LogP) is 2.79. The fourth-order valence-corrected chi connectivity index (χ4v) is 13.1. The van der Waals surface area contributed by atoms with Crippen LogP contribution in [-0.2, 0) is 47.5 Å². The molecule has 4 aliphatic carbocycles. The van der Waals surface area contributed by atoms with Crippen molar-refractivity contribution in [2.45, 2.75) is 204 Å². The van der Waals surface area contributed by atoms with Crippen molar-refractivity contribution < 1.29 is 73.0 Å². The number of aliphatic hydroxyl groups excluding tert-OH is 4. The average molecular weight is 823 g/mol. The second-order valence-electron chi connectivity index (χ2n) is 19.4. The first-order chi connectivity index (χ1) is 27.4. The third kappa shape index (κ3) is 7.49. The fourth-order valence-electron chi connectivity index (χ4n) is 13.1. The lowest BCUT2D eigenvalue weighted by molar-refractivity contribution is -0.336. The molecule has 7 fully saturated rings. The Morgan fingerprint density at radius 1 is 0.724 bits per heavy atom. The van der Waals surface area contributed by atoms with Gasteiger partial charge in [0.1, 0.15) is 18.8 Å². The summed E-state index contributed by atoms with van der Waals surface area (Å²) in [7, 11) is 0. The summed E-state index contributed by atoms with van der Waals surface area (Å²) in [6, 6.07) is 0. The molecule has 0 radical (unpaired) electrons.